The van der Waals surface area contributed by atoms with Gasteiger partial charge in [-0.05, 0) is 12.1 Å². The monoisotopic (exact) mass is 181 g/mol. The summed E-state index contributed by atoms with van der Waals surface area (Å²) in [6.07, 6.45) is 0.377. The molecule has 0 aliphatic rings. The Morgan fingerprint density at radius 1 is 1.38 bits per heavy atom. The van der Waals surface area contributed by atoms with Crippen molar-refractivity contribution in [3.63, 3.8) is 0 Å². The van der Waals surface area contributed by atoms with Crippen molar-refractivity contribution in [2.45, 2.75) is 13.3 Å². The van der Waals surface area contributed by atoms with Gasteiger partial charge in [0.2, 0.25) is 5.91 Å². The number of carbonyl (C=O) groups excluding carboxylic acids is 1. The first-order valence-electron chi connectivity index (χ1n) is 3.95. The fourth-order valence-electron chi connectivity index (χ4n) is 0.851. The van der Waals surface area contributed by atoms with Gasteiger partial charge in [-0.1, -0.05) is 6.92 Å². The lowest BCUT2D eigenvalue weighted by Gasteiger charge is -2.04. The zero-order chi connectivity index (χ0) is 9.84. The summed E-state index contributed by atoms with van der Waals surface area (Å²) in [6.45, 7) is 1.73. The summed E-state index contributed by atoms with van der Waals surface area (Å²) in [4.78, 5) is 10.9. The fraction of sp³-hybridized carbons (Fsp3) is 0.222. The van der Waals surface area contributed by atoms with Crippen LogP contribution in [0.15, 0.2) is 18.2 Å². The quantitative estimate of drug-likeness (QED) is 0.477. The molecule has 0 aliphatic heterocycles. The molecule has 0 aromatic heterocycles. The van der Waals surface area contributed by atoms with Crippen molar-refractivity contribution in [2.75, 3.05) is 5.32 Å². The highest BCUT2D eigenvalue weighted by atomic mass is 16.3. The van der Waals surface area contributed by atoms with Crippen LogP contribution in [0, 0.1) is 0 Å². The number of phenolic OH excluding ortho intramolecular Hbond substituents is 2. The largest absolute Gasteiger partial charge is 0.504 e. The summed E-state index contributed by atoms with van der Waals surface area (Å²) in [7, 11) is 0. The molecule has 4 nitrogen and oxygen atoms in total. The lowest BCUT2D eigenvalue weighted by atomic mass is 10.2. The van der Waals surface area contributed by atoms with Crippen molar-refractivity contribution in [1.29, 1.82) is 0 Å². The molecule has 0 bridgehead atoms. The molecule has 0 saturated carbocycles. The van der Waals surface area contributed by atoms with Gasteiger partial charge in [0.25, 0.3) is 0 Å². The summed E-state index contributed by atoms with van der Waals surface area (Å²) >= 11 is 0. The zero-order valence-electron chi connectivity index (χ0n) is 7.24. The highest BCUT2D eigenvalue weighted by Crippen LogP contribution is 2.27. The van der Waals surface area contributed by atoms with Crippen LogP contribution in [0.2, 0.25) is 0 Å². The van der Waals surface area contributed by atoms with Crippen molar-refractivity contribution in [2.24, 2.45) is 0 Å². The SMILES string of the molecule is CCC(=O)Nc1ccc(O)c(O)c1. The second kappa shape index (κ2) is 3.80. The molecule has 1 rings (SSSR count). The normalized spacial score (nSPS) is 9.62. The number of hydrogen-bond donors (Lipinski definition) is 3. The van der Waals surface area contributed by atoms with Gasteiger partial charge in [0.05, 0.1) is 0 Å². The van der Waals surface area contributed by atoms with Gasteiger partial charge in [0.15, 0.2) is 11.5 Å². The van der Waals surface area contributed by atoms with Crippen LogP contribution in [-0.4, -0.2) is 16.1 Å². The molecule has 1 amide bonds. The molecule has 0 unspecified atom stereocenters. The van der Waals surface area contributed by atoms with Crippen molar-refractivity contribution < 1.29 is 15.0 Å². The lowest BCUT2D eigenvalue weighted by Crippen LogP contribution is -2.08. The van der Waals surface area contributed by atoms with Crippen LogP contribution in [0.1, 0.15) is 13.3 Å². The minimum Gasteiger partial charge on any atom is -0.504 e. The average molecular weight is 181 g/mol. The molecular formula is C9H11NO3. The Morgan fingerprint density at radius 3 is 2.62 bits per heavy atom. The average Bonchev–Trinajstić information content (AvgIpc) is 2.11. The Morgan fingerprint density at radius 2 is 2.08 bits per heavy atom. The molecule has 0 fully saturated rings. The summed E-state index contributed by atoms with van der Waals surface area (Å²) < 4.78 is 0. The van der Waals surface area contributed by atoms with E-state index in [1.54, 1.807) is 6.92 Å². The number of phenols is 2. The third-order valence-electron chi connectivity index (χ3n) is 1.58. The highest BCUT2D eigenvalue weighted by molar-refractivity contribution is 5.90. The van der Waals surface area contributed by atoms with E-state index in [0.717, 1.165) is 0 Å². The van der Waals surface area contributed by atoms with E-state index in [-0.39, 0.29) is 17.4 Å². The Hall–Kier alpha value is -1.71. The predicted molar refractivity (Wildman–Crippen MR) is 48.7 cm³/mol. The first kappa shape index (κ1) is 9.38. The highest BCUT2D eigenvalue weighted by Gasteiger charge is 2.02. The number of aromatic hydroxyl groups is 2. The second-order valence-corrected chi connectivity index (χ2v) is 2.61. The molecule has 70 valence electrons. The number of hydrogen-bond acceptors (Lipinski definition) is 3. The van der Waals surface area contributed by atoms with Gasteiger partial charge in [-0.2, -0.15) is 0 Å². The van der Waals surface area contributed by atoms with Gasteiger partial charge >= 0.3 is 0 Å². The van der Waals surface area contributed by atoms with Crippen LogP contribution in [0.3, 0.4) is 0 Å². The van der Waals surface area contributed by atoms with Crippen molar-refractivity contribution in [3.8, 4) is 11.5 Å². The Kier molecular flexibility index (Phi) is 2.74. The van der Waals surface area contributed by atoms with Crippen LogP contribution in [0.5, 0.6) is 11.5 Å². The van der Waals surface area contributed by atoms with Crippen LogP contribution in [-0.2, 0) is 4.79 Å². The van der Waals surface area contributed by atoms with E-state index in [9.17, 15) is 4.79 Å². The molecule has 0 spiro atoms. The van der Waals surface area contributed by atoms with Crippen molar-refractivity contribution in [3.05, 3.63) is 18.2 Å². The summed E-state index contributed by atoms with van der Waals surface area (Å²) in [6, 6.07) is 4.13. The number of nitrogens with one attached hydrogen (secondary N) is 1. The molecule has 1 aromatic rings. The topological polar surface area (TPSA) is 69.6 Å². The Labute approximate surface area is 75.8 Å². The molecule has 0 atom stereocenters. The molecule has 0 heterocycles. The predicted octanol–water partition coefficient (Wildman–Crippen LogP) is 1.45. The van der Waals surface area contributed by atoms with Gasteiger partial charge in [0, 0.05) is 18.2 Å². The minimum absolute atomic E-state index is 0.134. The van der Waals surface area contributed by atoms with E-state index < -0.39 is 0 Å². The van der Waals surface area contributed by atoms with Crippen molar-refractivity contribution >= 4 is 11.6 Å². The van der Waals surface area contributed by atoms with Gasteiger partial charge in [-0.25, -0.2) is 0 Å². The maximum Gasteiger partial charge on any atom is 0.224 e. The maximum atomic E-state index is 10.9. The van der Waals surface area contributed by atoms with Crippen LogP contribution >= 0.6 is 0 Å². The van der Waals surface area contributed by atoms with E-state index >= 15 is 0 Å². The third-order valence-corrected chi connectivity index (χ3v) is 1.58. The molecule has 1 aromatic carbocycles. The van der Waals surface area contributed by atoms with E-state index in [1.807, 2.05) is 0 Å². The van der Waals surface area contributed by atoms with E-state index in [1.165, 1.54) is 18.2 Å². The number of amides is 1. The van der Waals surface area contributed by atoms with E-state index in [2.05, 4.69) is 5.32 Å². The van der Waals surface area contributed by atoms with Gasteiger partial charge in [-0.3, -0.25) is 4.79 Å². The number of rotatable bonds is 2. The molecule has 4 heteroatoms. The van der Waals surface area contributed by atoms with E-state index in [0.29, 0.717) is 12.1 Å². The van der Waals surface area contributed by atoms with Gasteiger partial charge in [-0.15, -0.1) is 0 Å². The summed E-state index contributed by atoms with van der Waals surface area (Å²) in [5.41, 5.74) is 0.474. The fourth-order valence-corrected chi connectivity index (χ4v) is 0.851. The maximum absolute atomic E-state index is 10.9. The molecule has 0 aliphatic carbocycles. The first-order valence-corrected chi connectivity index (χ1v) is 3.95. The number of benzene rings is 1. The van der Waals surface area contributed by atoms with Gasteiger partial charge < -0.3 is 15.5 Å². The third kappa shape index (κ3) is 2.37. The van der Waals surface area contributed by atoms with Crippen LogP contribution in [0.4, 0.5) is 5.69 Å². The van der Waals surface area contributed by atoms with Crippen LogP contribution in [0.25, 0.3) is 0 Å². The first-order chi connectivity index (χ1) is 6.13. The molecular weight excluding hydrogens is 170 g/mol. The lowest BCUT2D eigenvalue weighted by molar-refractivity contribution is -0.115. The van der Waals surface area contributed by atoms with E-state index in [4.69, 9.17) is 10.2 Å². The molecule has 3 N–H and O–H groups in total. The van der Waals surface area contributed by atoms with Gasteiger partial charge in [0.1, 0.15) is 0 Å². The van der Waals surface area contributed by atoms with Crippen LogP contribution < -0.4 is 5.32 Å². The summed E-state index contributed by atoms with van der Waals surface area (Å²) in [5.74, 6) is -0.575. The smallest absolute Gasteiger partial charge is 0.224 e. The minimum atomic E-state index is -0.242. The number of anilines is 1. The zero-order valence-corrected chi connectivity index (χ0v) is 7.24. The Balaban J connectivity index is 2.79. The standard InChI is InChI=1S/C9H11NO3/c1-2-9(13)10-6-3-4-7(11)8(12)5-6/h3-5,11-12H,2H2,1H3,(H,10,13). The Bertz CT molecular complexity index is 323. The van der Waals surface area contributed by atoms with Crippen molar-refractivity contribution in [1.82, 2.24) is 0 Å². The molecule has 13 heavy (non-hydrogen) atoms. The second-order valence-electron chi connectivity index (χ2n) is 2.61. The molecule has 0 saturated heterocycles. The summed E-state index contributed by atoms with van der Waals surface area (Å²) in [5, 5.41) is 20.6. The molecule has 0 radical (unpaired) electrons. The number of carbonyl (C=O) groups is 1.